The predicted octanol–water partition coefficient (Wildman–Crippen LogP) is 3.95. The molecule has 1 N–H and O–H groups in total. The summed E-state index contributed by atoms with van der Waals surface area (Å²) >= 11 is 0. The standard InChI is InChI=1S/C19H15N5O2/c1-25-19-16(5-3-11-21-19)17-23-18(26-24-17)13-6-8-14(9-7-13)22-15-4-2-10-20-12-15/h2-12,22H,1H3. The molecule has 0 aliphatic heterocycles. The Kier molecular flexibility index (Phi) is 4.26. The van der Waals surface area contributed by atoms with Gasteiger partial charge in [-0.2, -0.15) is 4.98 Å². The predicted molar refractivity (Wildman–Crippen MR) is 97.0 cm³/mol. The lowest BCUT2D eigenvalue weighted by atomic mass is 10.2. The molecule has 7 heteroatoms. The zero-order valence-electron chi connectivity index (χ0n) is 14.0. The molecule has 26 heavy (non-hydrogen) atoms. The number of benzene rings is 1. The number of anilines is 2. The largest absolute Gasteiger partial charge is 0.480 e. The summed E-state index contributed by atoms with van der Waals surface area (Å²) in [6, 6.07) is 15.2. The number of hydrogen-bond donors (Lipinski definition) is 1. The molecule has 0 spiro atoms. The highest BCUT2D eigenvalue weighted by Gasteiger charge is 2.15. The lowest BCUT2D eigenvalue weighted by Crippen LogP contribution is -1.92. The van der Waals surface area contributed by atoms with Crippen molar-refractivity contribution >= 4 is 11.4 Å². The Balaban J connectivity index is 1.56. The summed E-state index contributed by atoms with van der Waals surface area (Å²) in [6.07, 6.45) is 5.15. The first-order chi connectivity index (χ1) is 12.8. The highest BCUT2D eigenvalue weighted by atomic mass is 16.5. The molecule has 0 amide bonds. The van der Waals surface area contributed by atoms with Crippen LogP contribution in [0.15, 0.2) is 71.6 Å². The molecule has 0 atom stereocenters. The van der Waals surface area contributed by atoms with E-state index in [1.165, 1.54) is 0 Å². The van der Waals surface area contributed by atoms with Crippen molar-refractivity contribution in [3.05, 3.63) is 67.1 Å². The molecule has 3 heterocycles. The number of ether oxygens (including phenoxy) is 1. The van der Waals surface area contributed by atoms with E-state index in [1.807, 2.05) is 42.5 Å². The minimum Gasteiger partial charge on any atom is -0.480 e. The van der Waals surface area contributed by atoms with E-state index in [1.54, 1.807) is 31.8 Å². The Hall–Kier alpha value is -3.74. The van der Waals surface area contributed by atoms with Crippen LogP contribution < -0.4 is 10.1 Å². The molecule has 0 bridgehead atoms. The van der Waals surface area contributed by atoms with E-state index in [0.717, 1.165) is 16.9 Å². The summed E-state index contributed by atoms with van der Waals surface area (Å²) < 4.78 is 10.6. The van der Waals surface area contributed by atoms with E-state index in [-0.39, 0.29) is 0 Å². The summed E-state index contributed by atoms with van der Waals surface area (Å²) in [5.74, 6) is 1.32. The topological polar surface area (TPSA) is 86.0 Å². The zero-order chi connectivity index (χ0) is 17.8. The van der Waals surface area contributed by atoms with Crippen molar-refractivity contribution in [1.29, 1.82) is 0 Å². The lowest BCUT2D eigenvalue weighted by molar-refractivity contribution is 0.398. The third-order valence-electron chi connectivity index (χ3n) is 3.71. The summed E-state index contributed by atoms with van der Waals surface area (Å²) in [5, 5.41) is 7.31. The van der Waals surface area contributed by atoms with Gasteiger partial charge < -0.3 is 14.6 Å². The molecule has 0 aliphatic carbocycles. The first-order valence-electron chi connectivity index (χ1n) is 7.94. The van der Waals surface area contributed by atoms with E-state index in [9.17, 15) is 0 Å². The number of nitrogens with zero attached hydrogens (tertiary/aromatic N) is 4. The van der Waals surface area contributed by atoms with Crippen molar-refractivity contribution in [2.75, 3.05) is 12.4 Å². The molecule has 128 valence electrons. The number of methoxy groups -OCH3 is 1. The van der Waals surface area contributed by atoms with Gasteiger partial charge >= 0.3 is 0 Å². The van der Waals surface area contributed by atoms with Gasteiger partial charge in [-0.25, -0.2) is 4.98 Å². The number of pyridine rings is 2. The van der Waals surface area contributed by atoms with Crippen LogP contribution in [0.2, 0.25) is 0 Å². The molecule has 0 saturated carbocycles. The van der Waals surface area contributed by atoms with Gasteiger partial charge in [-0.1, -0.05) is 5.16 Å². The van der Waals surface area contributed by atoms with E-state index in [0.29, 0.717) is 23.2 Å². The van der Waals surface area contributed by atoms with E-state index in [4.69, 9.17) is 9.26 Å². The smallest absolute Gasteiger partial charge is 0.258 e. The molecule has 7 nitrogen and oxygen atoms in total. The van der Waals surface area contributed by atoms with Gasteiger partial charge in [0.1, 0.15) is 0 Å². The van der Waals surface area contributed by atoms with Crippen LogP contribution in [0.1, 0.15) is 0 Å². The van der Waals surface area contributed by atoms with Crippen molar-refractivity contribution in [2.24, 2.45) is 0 Å². The van der Waals surface area contributed by atoms with Gasteiger partial charge in [0.25, 0.3) is 5.89 Å². The lowest BCUT2D eigenvalue weighted by Gasteiger charge is -2.05. The number of hydrogen-bond acceptors (Lipinski definition) is 7. The minimum absolute atomic E-state index is 0.429. The fourth-order valence-corrected chi connectivity index (χ4v) is 2.47. The Bertz CT molecular complexity index is 1000. The SMILES string of the molecule is COc1ncccc1-c1noc(-c2ccc(Nc3cccnc3)cc2)n1. The molecule has 0 fully saturated rings. The maximum atomic E-state index is 5.39. The highest BCUT2D eigenvalue weighted by Crippen LogP contribution is 2.28. The Labute approximate surface area is 149 Å². The van der Waals surface area contributed by atoms with Gasteiger partial charge in [-0.15, -0.1) is 0 Å². The molecule has 4 aromatic rings. The van der Waals surface area contributed by atoms with Crippen molar-refractivity contribution in [3.63, 3.8) is 0 Å². The van der Waals surface area contributed by atoms with Crippen molar-refractivity contribution in [2.45, 2.75) is 0 Å². The van der Waals surface area contributed by atoms with Crippen LogP contribution in [0.3, 0.4) is 0 Å². The van der Waals surface area contributed by atoms with Gasteiger partial charge in [-0.3, -0.25) is 4.98 Å². The maximum absolute atomic E-state index is 5.39. The molecule has 0 unspecified atom stereocenters. The van der Waals surface area contributed by atoms with Crippen molar-refractivity contribution in [3.8, 4) is 28.7 Å². The maximum Gasteiger partial charge on any atom is 0.258 e. The van der Waals surface area contributed by atoms with E-state index in [2.05, 4.69) is 25.4 Å². The van der Waals surface area contributed by atoms with Crippen LogP contribution in [0.5, 0.6) is 5.88 Å². The quantitative estimate of drug-likeness (QED) is 0.586. The average Bonchev–Trinajstić information content (AvgIpc) is 3.19. The van der Waals surface area contributed by atoms with Crippen LogP contribution in [0.25, 0.3) is 22.8 Å². The van der Waals surface area contributed by atoms with Crippen molar-refractivity contribution in [1.82, 2.24) is 20.1 Å². The van der Waals surface area contributed by atoms with Crippen molar-refractivity contribution < 1.29 is 9.26 Å². The van der Waals surface area contributed by atoms with E-state index >= 15 is 0 Å². The monoisotopic (exact) mass is 345 g/mol. The highest BCUT2D eigenvalue weighted by molar-refractivity contribution is 5.66. The minimum atomic E-state index is 0.429. The second-order valence-corrected chi connectivity index (χ2v) is 5.43. The first kappa shape index (κ1) is 15.8. The van der Waals surface area contributed by atoms with Crippen LogP contribution in [0.4, 0.5) is 11.4 Å². The Morgan fingerprint density at radius 3 is 2.58 bits per heavy atom. The fourth-order valence-electron chi connectivity index (χ4n) is 2.47. The molecule has 1 aromatic carbocycles. The van der Waals surface area contributed by atoms with Gasteiger partial charge in [0.05, 0.1) is 24.6 Å². The molecule has 3 aromatic heterocycles. The second kappa shape index (κ2) is 7.02. The molecular formula is C19H15N5O2. The Morgan fingerprint density at radius 1 is 0.962 bits per heavy atom. The fraction of sp³-hybridized carbons (Fsp3) is 0.0526. The summed E-state index contributed by atoms with van der Waals surface area (Å²) in [4.78, 5) is 12.7. The van der Waals surface area contributed by atoms with Gasteiger partial charge in [-0.05, 0) is 48.5 Å². The van der Waals surface area contributed by atoms with Crippen LogP contribution in [-0.4, -0.2) is 27.2 Å². The van der Waals surface area contributed by atoms with Crippen LogP contribution >= 0.6 is 0 Å². The van der Waals surface area contributed by atoms with Gasteiger partial charge in [0, 0.05) is 23.6 Å². The molecule has 4 rings (SSSR count). The van der Waals surface area contributed by atoms with Gasteiger partial charge in [0.2, 0.25) is 11.7 Å². The molecular weight excluding hydrogens is 330 g/mol. The normalized spacial score (nSPS) is 10.5. The number of nitrogens with one attached hydrogen (secondary N) is 1. The molecule has 0 aliphatic rings. The van der Waals surface area contributed by atoms with E-state index < -0.39 is 0 Å². The Morgan fingerprint density at radius 2 is 1.81 bits per heavy atom. The third-order valence-corrected chi connectivity index (χ3v) is 3.71. The summed E-state index contributed by atoms with van der Waals surface area (Å²) in [5.41, 5.74) is 3.36. The summed E-state index contributed by atoms with van der Waals surface area (Å²) in [7, 11) is 1.56. The summed E-state index contributed by atoms with van der Waals surface area (Å²) in [6.45, 7) is 0. The first-order valence-corrected chi connectivity index (χ1v) is 7.94. The average molecular weight is 345 g/mol. The molecule has 0 radical (unpaired) electrons. The number of rotatable bonds is 5. The van der Waals surface area contributed by atoms with Gasteiger partial charge in [0.15, 0.2) is 0 Å². The second-order valence-electron chi connectivity index (χ2n) is 5.43. The zero-order valence-corrected chi connectivity index (χ0v) is 14.0. The third kappa shape index (κ3) is 3.23. The molecule has 0 saturated heterocycles. The van der Waals surface area contributed by atoms with Crippen LogP contribution in [-0.2, 0) is 0 Å². The number of aromatic nitrogens is 4. The van der Waals surface area contributed by atoms with Crippen LogP contribution in [0, 0.1) is 0 Å².